The molecule has 1 heterocycles. The normalized spacial score (nSPS) is 18.2. The van der Waals surface area contributed by atoms with Gasteiger partial charge in [-0.3, -0.25) is 9.09 Å². The minimum Gasteiger partial charge on any atom is -0.296 e. The summed E-state index contributed by atoms with van der Waals surface area (Å²) in [6.45, 7) is 2.79. The molecule has 0 atom stereocenters. The third kappa shape index (κ3) is 2.30. The summed E-state index contributed by atoms with van der Waals surface area (Å²) < 4.78 is 6.39. The van der Waals surface area contributed by atoms with Crippen LogP contribution in [-0.4, -0.2) is 9.72 Å². The number of aromatic nitrogens is 2. The van der Waals surface area contributed by atoms with E-state index in [1.54, 1.807) is 4.57 Å². The van der Waals surface area contributed by atoms with Gasteiger partial charge in [-0.1, -0.05) is 31.3 Å². The van der Waals surface area contributed by atoms with E-state index >= 15 is 0 Å². The van der Waals surface area contributed by atoms with E-state index in [1.165, 1.54) is 32.1 Å². The topological polar surface area (TPSA) is 48.0 Å². The van der Waals surface area contributed by atoms with Crippen molar-refractivity contribution in [3.63, 3.8) is 0 Å². The van der Waals surface area contributed by atoms with Crippen molar-refractivity contribution in [3.8, 4) is 0 Å². The molecule has 0 spiro atoms. The van der Waals surface area contributed by atoms with E-state index in [2.05, 4.69) is 9.68 Å². The van der Waals surface area contributed by atoms with Gasteiger partial charge in [-0.25, -0.2) is 4.79 Å². The molecule has 1 fully saturated rings. The lowest BCUT2D eigenvalue weighted by molar-refractivity contribution is 0.303. The molecule has 15 heavy (non-hydrogen) atoms. The summed E-state index contributed by atoms with van der Waals surface area (Å²) in [6, 6.07) is 0. The highest BCUT2D eigenvalue weighted by molar-refractivity contribution is 4.84. The second-order valence-electron chi connectivity index (χ2n) is 4.33. The van der Waals surface area contributed by atoms with E-state index in [1.807, 2.05) is 6.92 Å². The molecule has 0 bridgehead atoms. The Morgan fingerprint density at radius 3 is 2.80 bits per heavy atom. The Kier molecular flexibility index (Phi) is 3.23. The van der Waals surface area contributed by atoms with Crippen molar-refractivity contribution in [2.45, 2.75) is 52.0 Å². The van der Waals surface area contributed by atoms with Gasteiger partial charge in [0.25, 0.3) is 0 Å². The average Bonchev–Trinajstić information content (AvgIpc) is 2.62. The van der Waals surface area contributed by atoms with Gasteiger partial charge in [0.15, 0.2) is 5.82 Å². The number of nitrogens with zero attached hydrogens (tertiary/aromatic N) is 2. The lowest BCUT2D eigenvalue weighted by atomic mass is 9.89. The Balaban J connectivity index is 2.08. The highest BCUT2D eigenvalue weighted by Crippen LogP contribution is 2.24. The molecular weight excluding hydrogens is 192 g/mol. The second-order valence-corrected chi connectivity index (χ2v) is 4.33. The fraction of sp³-hybridized carbons (Fsp3) is 0.818. The maximum Gasteiger partial charge on any atom is 0.441 e. The summed E-state index contributed by atoms with van der Waals surface area (Å²) in [5.41, 5.74) is 0. The molecule has 2 rings (SSSR count). The van der Waals surface area contributed by atoms with E-state index in [4.69, 9.17) is 0 Å². The van der Waals surface area contributed by atoms with Crippen LogP contribution in [0, 0.1) is 5.92 Å². The van der Waals surface area contributed by atoms with Crippen LogP contribution in [0.4, 0.5) is 0 Å². The molecule has 1 aromatic heterocycles. The van der Waals surface area contributed by atoms with Crippen LogP contribution in [-0.2, 0) is 13.0 Å². The molecule has 0 aromatic carbocycles. The first kappa shape index (κ1) is 10.5. The Bertz CT molecular complexity index is 361. The highest BCUT2D eigenvalue weighted by atomic mass is 16.5. The molecule has 0 N–H and O–H groups in total. The number of rotatable bonds is 3. The molecule has 4 nitrogen and oxygen atoms in total. The van der Waals surface area contributed by atoms with Crippen molar-refractivity contribution in [2.24, 2.45) is 5.92 Å². The molecule has 0 unspecified atom stereocenters. The quantitative estimate of drug-likeness (QED) is 0.766. The lowest BCUT2D eigenvalue weighted by Gasteiger charge is -2.21. The van der Waals surface area contributed by atoms with Crippen LogP contribution in [0.25, 0.3) is 0 Å². The smallest absolute Gasteiger partial charge is 0.296 e. The molecule has 0 aliphatic heterocycles. The van der Waals surface area contributed by atoms with Gasteiger partial charge in [-0.05, 0) is 18.8 Å². The fourth-order valence-corrected chi connectivity index (χ4v) is 2.36. The molecule has 4 heteroatoms. The van der Waals surface area contributed by atoms with Crippen LogP contribution in [0.3, 0.4) is 0 Å². The first-order valence-electron chi connectivity index (χ1n) is 5.86. The van der Waals surface area contributed by atoms with E-state index < -0.39 is 0 Å². The summed E-state index contributed by atoms with van der Waals surface area (Å²) in [6.07, 6.45) is 7.17. The van der Waals surface area contributed by atoms with E-state index in [-0.39, 0.29) is 5.76 Å². The van der Waals surface area contributed by atoms with Crippen LogP contribution < -0.4 is 5.76 Å². The van der Waals surface area contributed by atoms with Crippen LogP contribution in [0.15, 0.2) is 9.32 Å². The predicted molar refractivity (Wildman–Crippen MR) is 56.7 cm³/mol. The maximum absolute atomic E-state index is 11.4. The molecule has 0 saturated heterocycles. The van der Waals surface area contributed by atoms with Gasteiger partial charge < -0.3 is 0 Å². The average molecular weight is 210 g/mol. The first-order chi connectivity index (χ1) is 7.31. The summed E-state index contributed by atoms with van der Waals surface area (Å²) in [5.74, 6) is 1.13. The van der Waals surface area contributed by atoms with Crippen LogP contribution in [0.1, 0.15) is 44.9 Å². The molecule has 1 aliphatic carbocycles. The second kappa shape index (κ2) is 4.64. The summed E-state index contributed by atoms with van der Waals surface area (Å²) in [5, 5.41) is 3.78. The van der Waals surface area contributed by atoms with Crippen molar-refractivity contribution in [1.82, 2.24) is 9.72 Å². The SMILES string of the molecule is CCc1noc(=O)n1CC1CCCCC1. The Labute approximate surface area is 89.3 Å². The molecular formula is C11H18N2O2. The van der Waals surface area contributed by atoms with Gasteiger partial charge in [-0.15, -0.1) is 0 Å². The van der Waals surface area contributed by atoms with Gasteiger partial charge in [0.1, 0.15) is 0 Å². The van der Waals surface area contributed by atoms with Gasteiger partial charge in [0, 0.05) is 13.0 Å². The monoisotopic (exact) mass is 210 g/mol. The summed E-state index contributed by atoms with van der Waals surface area (Å²) in [7, 11) is 0. The van der Waals surface area contributed by atoms with Crippen LogP contribution in [0.2, 0.25) is 0 Å². The van der Waals surface area contributed by atoms with Gasteiger partial charge >= 0.3 is 5.76 Å². The first-order valence-corrected chi connectivity index (χ1v) is 5.86. The van der Waals surface area contributed by atoms with Gasteiger partial charge in [0.2, 0.25) is 0 Å². The van der Waals surface area contributed by atoms with Crippen LogP contribution >= 0.6 is 0 Å². The van der Waals surface area contributed by atoms with Crippen molar-refractivity contribution < 1.29 is 4.52 Å². The zero-order chi connectivity index (χ0) is 10.7. The number of hydrogen-bond acceptors (Lipinski definition) is 3. The van der Waals surface area contributed by atoms with Crippen molar-refractivity contribution in [1.29, 1.82) is 0 Å². The molecule has 1 aliphatic rings. The molecule has 0 amide bonds. The lowest BCUT2D eigenvalue weighted by Crippen LogP contribution is -2.23. The standard InChI is InChI=1S/C11H18N2O2/c1-2-10-12-15-11(14)13(10)8-9-6-4-3-5-7-9/h9H,2-8H2,1H3. The zero-order valence-corrected chi connectivity index (χ0v) is 9.24. The Morgan fingerprint density at radius 2 is 2.13 bits per heavy atom. The predicted octanol–water partition coefficient (Wildman–Crippen LogP) is 1.98. The van der Waals surface area contributed by atoms with Crippen molar-refractivity contribution in [3.05, 3.63) is 16.4 Å². The Hall–Kier alpha value is -1.06. The molecule has 1 aromatic rings. The van der Waals surface area contributed by atoms with Crippen molar-refractivity contribution >= 4 is 0 Å². The summed E-state index contributed by atoms with van der Waals surface area (Å²) in [4.78, 5) is 11.4. The summed E-state index contributed by atoms with van der Waals surface area (Å²) >= 11 is 0. The largest absolute Gasteiger partial charge is 0.441 e. The van der Waals surface area contributed by atoms with E-state index in [9.17, 15) is 4.79 Å². The third-order valence-electron chi connectivity index (χ3n) is 3.24. The fourth-order valence-electron chi connectivity index (χ4n) is 2.36. The van der Waals surface area contributed by atoms with E-state index in [0.29, 0.717) is 5.92 Å². The minimum atomic E-state index is -0.294. The number of hydrogen-bond donors (Lipinski definition) is 0. The Morgan fingerprint density at radius 1 is 1.40 bits per heavy atom. The third-order valence-corrected chi connectivity index (χ3v) is 3.24. The minimum absolute atomic E-state index is 0.294. The molecule has 84 valence electrons. The van der Waals surface area contributed by atoms with Gasteiger partial charge in [0.05, 0.1) is 0 Å². The van der Waals surface area contributed by atoms with E-state index in [0.717, 1.165) is 18.8 Å². The van der Waals surface area contributed by atoms with Crippen molar-refractivity contribution in [2.75, 3.05) is 0 Å². The highest BCUT2D eigenvalue weighted by Gasteiger charge is 2.17. The zero-order valence-electron chi connectivity index (χ0n) is 9.24. The number of aryl methyl sites for hydroxylation is 1. The maximum atomic E-state index is 11.4. The molecule has 0 radical (unpaired) electrons. The molecule has 1 saturated carbocycles. The van der Waals surface area contributed by atoms with Gasteiger partial charge in [-0.2, -0.15) is 0 Å². The van der Waals surface area contributed by atoms with Crippen LogP contribution in [0.5, 0.6) is 0 Å².